The van der Waals surface area contributed by atoms with Crippen LogP contribution in [0.5, 0.6) is 11.5 Å². The molecule has 0 radical (unpaired) electrons. The molecule has 2 nitrogen and oxygen atoms in total. The Labute approximate surface area is 68.2 Å². The minimum Gasteiger partial charge on any atom is -0.505 e. The molecule has 0 fully saturated rings. The molecule has 4 heteroatoms. The minimum absolute atomic E-state index is 0.133. The maximum absolute atomic E-state index is 12.8. The molecule has 0 saturated heterocycles. The zero-order valence-electron chi connectivity index (χ0n) is 5.77. The highest BCUT2D eigenvalue weighted by Crippen LogP contribution is 2.32. The van der Waals surface area contributed by atoms with E-state index in [4.69, 9.17) is 16.7 Å². The molecule has 60 valence electrons. The van der Waals surface area contributed by atoms with Gasteiger partial charge >= 0.3 is 0 Å². The molecule has 0 heterocycles. The first-order valence-corrected chi connectivity index (χ1v) is 3.25. The fraction of sp³-hybridized carbons (Fsp3) is 0.143. The van der Waals surface area contributed by atoms with E-state index in [0.717, 1.165) is 0 Å². The third kappa shape index (κ3) is 1.38. The van der Waals surface area contributed by atoms with Crippen molar-refractivity contribution in [2.24, 2.45) is 0 Å². The van der Waals surface area contributed by atoms with Crippen molar-refractivity contribution in [3.05, 3.63) is 23.0 Å². The van der Waals surface area contributed by atoms with E-state index in [-0.39, 0.29) is 10.8 Å². The van der Waals surface area contributed by atoms with Crippen LogP contribution >= 0.6 is 11.6 Å². The van der Waals surface area contributed by atoms with E-state index in [1.165, 1.54) is 19.2 Å². The molecule has 0 amide bonds. The van der Waals surface area contributed by atoms with Crippen molar-refractivity contribution < 1.29 is 14.2 Å². The van der Waals surface area contributed by atoms with Gasteiger partial charge in [-0.05, 0) is 12.1 Å². The molecule has 0 aliphatic rings. The fourth-order valence-corrected chi connectivity index (χ4v) is 0.932. The Morgan fingerprint density at radius 1 is 1.55 bits per heavy atom. The second kappa shape index (κ2) is 2.96. The van der Waals surface area contributed by atoms with Gasteiger partial charge in [-0.2, -0.15) is 4.39 Å². The molecule has 0 aliphatic heterocycles. The Morgan fingerprint density at radius 2 is 2.18 bits per heavy atom. The Balaban J connectivity index is 3.29. The second-order valence-electron chi connectivity index (χ2n) is 1.91. The molecular weight excluding hydrogens is 171 g/mol. The SMILES string of the molecule is COc1c(Cl)ccc(O)c1F. The van der Waals surface area contributed by atoms with Crippen molar-refractivity contribution >= 4 is 11.6 Å². The molecule has 11 heavy (non-hydrogen) atoms. The summed E-state index contributed by atoms with van der Waals surface area (Å²) < 4.78 is 17.4. The van der Waals surface area contributed by atoms with Gasteiger partial charge in [0.2, 0.25) is 5.82 Å². The maximum atomic E-state index is 12.8. The smallest absolute Gasteiger partial charge is 0.208 e. The molecular formula is C7H6ClFO2. The zero-order valence-corrected chi connectivity index (χ0v) is 6.52. The van der Waals surface area contributed by atoms with Gasteiger partial charge < -0.3 is 9.84 Å². The molecule has 0 aliphatic carbocycles. The Kier molecular flexibility index (Phi) is 2.19. The first-order chi connectivity index (χ1) is 5.16. The lowest BCUT2D eigenvalue weighted by Gasteiger charge is -2.04. The average Bonchev–Trinajstić information content (AvgIpc) is 1.99. The fourth-order valence-electron chi connectivity index (χ4n) is 0.709. The largest absolute Gasteiger partial charge is 0.505 e. The molecule has 0 bridgehead atoms. The molecule has 0 aromatic heterocycles. The number of benzene rings is 1. The minimum atomic E-state index is -0.833. The van der Waals surface area contributed by atoms with Gasteiger partial charge in [0, 0.05) is 0 Å². The van der Waals surface area contributed by atoms with E-state index in [1.54, 1.807) is 0 Å². The van der Waals surface area contributed by atoms with Crippen LogP contribution in [0.4, 0.5) is 4.39 Å². The van der Waals surface area contributed by atoms with Crippen LogP contribution < -0.4 is 4.74 Å². The number of aromatic hydroxyl groups is 1. The molecule has 1 aromatic carbocycles. The van der Waals surface area contributed by atoms with Gasteiger partial charge in [0.1, 0.15) is 0 Å². The summed E-state index contributed by atoms with van der Waals surface area (Å²) in [5.41, 5.74) is 0. The van der Waals surface area contributed by atoms with E-state index in [1.807, 2.05) is 0 Å². The highest BCUT2D eigenvalue weighted by Gasteiger charge is 2.11. The summed E-state index contributed by atoms with van der Waals surface area (Å²) in [4.78, 5) is 0. The Hall–Kier alpha value is -0.960. The van der Waals surface area contributed by atoms with Gasteiger partial charge in [-0.3, -0.25) is 0 Å². The van der Waals surface area contributed by atoms with E-state index in [9.17, 15) is 4.39 Å². The molecule has 1 N–H and O–H groups in total. The highest BCUT2D eigenvalue weighted by molar-refractivity contribution is 6.32. The topological polar surface area (TPSA) is 29.5 Å². The standard InChI is InChI=1S/C7H6ClFO2/c1-11-7-4(8)2-3-5(10)6(7)9/h2-3,10H,1H3. The average molecular weight is 177 g/mol. The monoisotopic (exact) mass is 176 g/mol. The van der Waals surface area contributed by atoms with Gasteiger partial charge in [-0.1, -0.05) is 11.6 Å². The lowest BCUT2D eigenvalue weighted by molar-refractivity contribution is 0.364. The Bertz CT molecular complexity index is 275. The summed E-state index contributed by atoms with van der Waals surface area (Å²) in [7, 11) is 1.28. The maximum Gasteiger partial charge on any atom is 0.208 e. The summed E-state index contributed by atoms with van der Waals surface area (Å²) >= 11 is 5.53. The van der Waals surface area contributed by atoms with Crippen molar-refractivity contribution in [2.45, 2.75) is 0 Å². The van der Waals surface area contributed by atoms with Crippen LogP contribution in [-0.4, -0.2) is 12.2 Å². The molecule has 0 unspecified atom stereocenters. The molecule has 1 aromatic rings. The quantitative estimate of drug-likeness (QED) is 0.711. The number of phenols is 1. The lowest BCUT2D eigenvalue weighted by Crippen LogP contribution is -1.88. The molecule has 0 spiro atoms. The molecule has 0 saturated carbocycles. The van der Waals surface area contributed by atoms with Crippen LogP contribution in [0.3, 0.4) is 0 Å². The number of hydrogen-bond donors (Lipinski definition) is 1. The summed E-state index contributed by atoms with van der Waals surface area (Å²) in [6.07, 6.45) is 0. The van der Waals surface area contributed by atoms with Crippen LogP contribution in [0, 0.1) is 5.82 Å². The first kappa shape index (κ1) is 8.14. The number of rotatable bonds is 1. The summed E-state index contributed by atoms with van der Waals surface area (Å²) in [6, 6.07) is 2.53. The van der Waals surface area contributed by atoms with Crippen LogP contribution in [0.2, 0.25) is 5.02 Å². The van der Waals surface area contributed by atoms with Crippen LogP contribution in [0.1, 0.15) is 0 Å². The van der Waals surface area contributed by atoms with Gasteiger partial charge in [-0.15, -0.1) is 0 Å². The van der Waals surface area contributed by atoms with Gasteiger partial charge in [0.05, 0.1) is 12.1 Å². The van der Waals surface area contributed by atoms with Crippen molar-refractivity contribution in [3.8, 4) is 11.5 Å². The van der Waals surface area contributed by atoms with Crippen molar-refractivity contribution in [1.29, 1.82) is 0 Å². The van der Waals surface area contributed by atoms with Gasteiger partial charge in [0.25, 0.3) is 0 Å². The summed E-state index contributed by atoms with van der Waals surface area (Å²) in [6.45, 7) is 0. The number of phenolic OH excluding ortho intramolecular Hbond substituents is 1. The van der Waals surface area contributed by atoms with Crippen LogP contribution in [0.25, 0.3) is 0 Å². The summed E-state index contributed by atoms with van der Waals surface area (Å²) in [5.74, 6) is -1.43. The van der Waals surface area contributed by atoms with E-state index in [0.29, 0.717) is 0 Å². The lowest BCUT2D eigenvalue weighted by atomic mass is 10.3. The van der Waals surface area contributed by atoms with Crippen LogP contribution in [0.15, 0.2) is 12.1 Å². The third-order valence-corrected chi connectivity index (χ3v) is 1.53. The highest BCUT2D eigenvalue weighted by atomic mass is 35.5. The number of ether oxygens (including phenoxy) is 1. The summed E-state index contributed by atoms with van der Waals surface area (Å²) in [5, 5.41) is 8.98. The van der Waals surface area contributed by atoms with Gasteiger partial charge in [-0.25, -0.2) is 0 Å². The number of halogens is 2. The van der Waals surface area contributed by atoms with Crippen molar-refractivity contribution in [2.75, 3.05) is 7.11 Å². The third-order valence-electron chi connectivity index (χ3n) is 1.23. The molecule has 0 atom stereocenters. The van der Waals surface area contributed by atoms with Crippen LogP contribution in [-0.2, 0) is 0 Å². The van der Waals surface area contributed by atoms with E-state index in [2.05, 4.69) is 4.74 Å². The zero-order chi connectivity index (χ0) is 8.43. The van der Waals surface area contributed by atoms with Gasteiger partial charge in [0.15, 0.2) is 11.5 Å². The second-order valence-corrected chi connectivity index (χ2v) is 2.32. The molecule has 1 rings (SSSR count). The normalized spacial score (nSPS) is 9.73. The predicted molar refractivity (Wildman–Crippen MR) is 39.6 cm³/mol. The van der Waals surface area contributed by atoms with E-state index >= 15 is 0 Å². The number of methoxy groups -OCH3 is 1. The predicted octanol–water partition coefficient (Wildman–Crippen LogP) is 2.19. The Morgan fingerprint density at radius 3 is 2.64 bits per heavy atom. The van der Waals surface area contributed by atoms with E-state index < -0.39 is 11.6 Å². The number of hydrogen-bond acceptors (Lipinski definition) is 2. The first-order valence-electron chi connectivity index (χ1n) is 2.87. The van der Waals surface area contributed by atoms with Crippen molar-refractivity contribution in [3.63, 3.8) is 0 Å². The van der Waals surface area contributed by atoms with Crippen molar-refractivity contribution in [1.82, 2.24) is 0 Å².